The summed E-state index contributed by atoms with van der Waals surface area (Å²) in [4.78, 5) is 25.3. The van der Waals surface area contributed by atoms with Gasteiger partial charge in [-0.15, -0.1) is 0 Å². The summed E-state index contributed by atoms with van der Waals surface area (Å²) in [5.41, 5.74) is 2.98. The number of amides is 2. The highest BCUT2D eigenvalue weighted by Crippen LogP contribution is 2.38. The Kier molecular flexibility index (Phi) is 5.72. The lowest BCUT2D eigenvalue weighted by Crippen LogP contribution is -2.17. The Morgan fingerprint density at radius 3 is 2.17 bits per heavy atom. The highest BCUT2D eigenvalue weighted by Gasteiger charge is 2.17. The van der Waals surface area contributed by atoms with Crippen LogP contribution in [0.2, 0.25) is 0 Å². The van der Waals surface area contributed by atoms with Gasteiger partial charge in [0.1, 0.15) is 13.2 Å². The van der Waals surface area contributed by atoms with Gasteiger partial charge in [0.2, 0.25) is 0 Å². The third kappa shape index (κ3) is 4.31. The first-order chi connectivity index (χ1) is 14.5. The van der Waals surface area contributed by atoms with Crippen molar-refractivity contribution in [2.75, 3.05) is 23.8 Å². The first-order valence-electron chi connectivity index (χ1n) is 9.39. The molecule has 1 heterocycles. The maximum Gasteiger partial charge on any atom is 0.255 e. The number of benzene rings is 3. The van der Waals surface area contributed by atoms with Gasteiger partial charge in [-0.25, -0.2) is 0 Å². The molecule has 152 valence electrons. The molecule has 0 saturated heterocycles. The minimum Gasteiger partial charge on any atom is -0.486 e. The number of halogens is 1. The Bertz CT molecular complexity index is 1120. The molecule has 1 aliphatic rings. The van der Waals surface area contributed by atoms with Gasteiger partial charge in [0.15, 0.2) is 11.5 Å². The van der Waals surface area contributed by atoms with Gasteiger partial charge in [0.05, 0.1) is 5.69 Å². The summed E-state index contributed by atoms with van der Waals surface area (Å²) in [5.74, 6) is 0.681. The highest BCUT2D eigenvalue weighted by molar-refractivity contribution is 9.10. The van der Waals surface area contributed by atoms with Crippen LogP contribution in [0, 0.1) is 6.92 Å². The van der Waals surface area contributed by atoms with Crippen LogP contribution in [0.4, 0.5) is 11.4 Å². The molecule has 0 unspecified atom stereocenters. The summed E-state index contributed by atoms with van der Waals surface area (Å²) >= 11 is 3.45. The second-order valence-electron chi connectivity index (χ2n) is 6.78. The van der Waals surface area contributed by atoms with Gasteiger partial charge >= 0.3 is 0 Å². The lowest BCUT2D eigenvalue weighted by molar-refractivity contribution is 0.101. The molecule has 0 aromatic heterocycles. The van der Waals surface area contributed by atoms with Crippen molar-refractivity contribution in [1.29, 1.82) is 0 Å². The van der Waals surface area contributed by atoms with E-state index in [1.807, 2.05) is 13.0 Å². The topological polar surface area (TPSA) is 76.7 Å². The van der Waals surface area contributed by atoms with Crippen molar-refractivity contribution in [2.45, 2.75) is 6.92 Å². The van der Waals surface area contributed by atoms with Crippen molar-refractivity contribution in [3.8, 4) is 11.5 Å². The maximum atomic E-state index is 12.8. The molecule has 2 N–H and O–H groups in total. The van der Waals surface area contributed by atoms with Crippen LogP contribution in [0.5, 0.6) is 11.5 Å². The summed E-state index contributed by atoms with van der Waals surface area (Å²) < 4.78 is 11.8. The number of hydrogen-bond acceptors (Lipinski definition) is 4. The Hall–Kier alpha value is -3.32. The van der Waals surface area contributed by atoms with Crippen LogP contribution in [-0.4, -0.2) is 25.0 Å². The zero-order chi connectivity index (χ0) is 21.1. The van der Waals surface area contributed by atoms with E-state index in [2.05, 4.69) is 26.6 Å². The van der Waals surface area contributed by atoms with E-state index in [-0.39, 0.29) is 11.8 Å². The molecule has 3 aromatic carbocycles. The smallest absolute Gasteiger partial charge is 0.255 e. The van der Waals surface area contributed by atoms with E-state index in [4.69, 9.17) is 9.47 Å². The van der Waals surface area contributed by atoms with Crippen LogP contribution in [0.15, 0.2) is 65.1 Å². The number of fused-ring (bicyclic) bond motifs is 1. The van der Waals surface area contributed by atoms with Crippen LogP contribution in [-0.2, 0) is 0 Å². The van der Waals surface area contributed by atoms with Crippen LogP contribution >= 0.6 is 15.9 Å². The Balaban J connectivity index is 1.54. The number of anilines is 2. The zero-order valence-electron chi connectivity index (χ0n) is 16.2. The molecule has 4 rings (SSSR count). The zero-order valence-corrected chi connectivity index (χ0v) is 17.8. The van der Waals surface area contributed by atoms with E-state index in [1.165, 1.54) is 0 Å². The molecule has 7 heteroatoms. The monoisotopic (exact) mass is 466 g/mol. The highest BCUT2D eigenvalue weighted by atomic mass is 79.9. The van der Waals surface area contributed by atoms with Crippen molar-refractivity contribution < 1.29 is 19.1 Å². The van der Waals surface area contributed by atoms with Gasteiger partial charge in [0, 0.05) is 33.4 Å². The second-order valence-corrected chi connectivity index (χ2v) is 7.63. The van der Waals surface area contributed by atoms with E-state index >= 15 is 0 Å². The molecular formula is C23H19BrN2O4. The fourth-order valence-corrected chi connectivity index (χ4v) is 3.46. The molecule has 30 heavy (non-hydrogen) atoms. The lowest BCUT2D eigenvalue weighted by Gasteiger charge is -2.20. The Morgan fingerprint density at radius 2 is 1.43 bits per heavy atom. The van der Waals surface area contributed by atoms with Crippen LogP contribution in [0.1, 0.15) is 26.3 Å². The van der Waals surface area contributed by atoms with Gasteiger partial charge in [0.25, 0.3) is 11.8 Å². The third-order valence-electron chi connectivity index (χ3n) is 4.66. The molecule has 0 fully saturated rings. The number of aryl methyl sites for hydroxylation is 1. The van der Waals surface area contributed by atoms with Crippen LogP contribution < -0.4 is 20.1 Å². The molecule has 0 atom stereocenters. The Labute approximate surface area is 182 Å². The molecule has 0 aliphatic carbocycles. The average molecular weight is 467 g/mol. The van der Waals surface area contributed by atoms with Gasteiger partial charge in [-0.3, -0.25) is 9.59 Å². The summed E-state index contributed by atoms with van der Waals surface area (Å²) in [7, 11) is 0. The number of carbonyl (C=O) groups excluding carboxylic acids is 2. The fraction of sp³-hybridized carbons (Fsp3) is 0.130. The number of hydrogen-bond donors (Lipinski definition) is 2. The molecule has 3 aromatic rings. The molecule has 6 nitrogen and oxygen atoms in total. The molecule has 0 spiro atoms. The Morgan fingerprint density at radius 1 is 0.800 bits per heavy atom. The molecular weight excluding hydrogens is 448 g/mol. The normalized spacial score (nSPS) is 12.2. The van der Waals surface area contributed by atoms with Crippen molar-refractivity contribution in [3.63, 3.8) is 0 Å². The van der Waals surface area contributed by atoms with Gasteiger partial charge in [-0.05, 0) is 52.7 Å². The average Bonchev–Trinajstić information content (AvgIpc) is 2.76. The van der Waals surface area contributed by atoms with Gasteiger partial charge < -0.3 is 20.1 Å². The molecule has 1 aliphatic heterocycles. The summed E-state index contributed by atoms with van der Waals surface area (Å²) in [6, 6.07) is 17.6. The standard InChI is InChI=1S/C23H19BrN2O4/c1-14-7-8-16(11-18(14)25-22(27)15-5-3-2-4-6-15)23(28)26-19-13-21-20(12-17(19)24)29-9-10-30-21/h2-8,11-13H,9-10H2,1H3,(H,25,27)(H,26,28). The summed E-state index contributed by atoms with van der Waals surface area (Å²) in [6.45, 7) is 2.83. The van der Waals surface area contributed by atoms with Crippen molar-refractivity contribution in [1.82, 2.24) is 0 Å². The quantitative estimate of drug-likeness (QED) is 0.564. The number of nitrogens with one attached hydrogen (secondary N) is 2. The fourth-order valence-electron chi connectivity index (χ4n) is 3.04. The second kappa shape index (κ2) is 8.59. The maximum absolute atomic E-state index is 12.8. The third-order valence-corrected chi connectivity index (χ3v) is 5.32. The lowest BCUT2D eigenvalue weighted by atomic mass is 10.1. The van der Waals surface area contributed by atoms with E-state index in [0.717, 1.165) is 5.56 Å². The van der Waals surface area contributed by atoms with E-state index < -0.39 is 0 Å². The van der Waals surface area contributed by atoms with E-state index in [0.29, 0.717) is 51.7 Å². The van der Waals surface area contributed by atoms with Gasteiger partial charge in [-0.2, -0.15) is 0 Å². The van der Waals surface area contributed by atoms with E-state index in [9.17, 15) is 9.59 Å². The predicted molar refractivity (Wildman–Crippen MR) is 119 cm³/mol. The minimum atomic E-state index is -0.303. The summed E-state index contributed by atoms with van der Waals surface area (Å²) in [6.07, 6.45) is 0. The predicted octanol–water partition coefficient (Wildman–Crippen LogP) is 5.03. The SMILES string of the molecule is Cc1ccc(C(=O)Nc2cc3c(cc2Br)OCCO3)cc1NC(=O)c1ccccc1. The molecule has 0 bridgehead atoms. The first-order valence-corrected chi connectivity index (χ1v) is 10.2. The van der Waals surface area contributed by atoms with E-state index in [1.54, 1.807) is 54.6 Å². The molecule has 0 radical (unpaired) electrons. The number of ether oxygens (including phenoxy) is 2. The van der Waals surface area contributed by atoms with Crippen molar-refractivity contribution >= 4 is 39.1 Å². The molecule has 2 amide bonds. The van der Waals surface area contributed by atoms with Gasteiger partial charge in [-0.1, -0.05) is 24.3 Å². The molecule has 0 saturated carbocycles. The van der Waals surface area contributed by atoms with Crippen LogP contribution in [0.3, 0.4) is 0 Å². The van der Waals surface area contributed by atoms with Crippen molar-refractivity contribution in [2.24, 2.45) is 0 Å². The number of carbonyl (C=O) groups is 2. The first kappa shape index (κ1) is 20.0. The van der Waals surface area contributed by atoms with Crippen LogP contribution in [0.25, 0.3) is 0 Å². The largest absolute Gasteiger partial charge is 0.486 e. The number of rotatable bonds is 4. The summed E-state index contributed by atoms with van der Waals surface area (Å²) in [5, 5.41) is 5.75. The van der Waals surface area contributed by atoms with Crippen molar-refractivity contribution in [3.05, 3.63) is 81.8 Å². The minimum absolute atomic E-state index is 0.231.